The Hall–Kier alpha value is -1.69. The SMILES string of the molecule is CNC(=O)CN(C)C(=O)c1ccc(Cl)nn1. The number of halogens is 1. The van der Waals surface area contributed by atoms with Crippen LogP contribution in [-0.4, -0.2) is 47.6 Å². The molecular weight excluding hydrogens is 232 g/mol. The van der Waals surface area contributed by atoms with Crippen molar-refractivity contribution in [1.29, 1.82) is 0 Å². The molecule has 1 aromatic rings. The molecule has 0 radical (unpaired) electrons. The Morgan fingerprint density at radius 3 is 2.62 bits per heavy atom. The van der Waals surface area contributed by atoms with E-state index in [9.17, 15) is 9.59 Å². The van der Waals surface area contributed by atoms with E-state index in [1.807, 2.05) is 0 Å². The summed E-state index contributed by atoms with van der Waals surface area (Å²) in [5.74, 6) is -0.634. The second-order valence-electron chi connectivity index (χ2n) is 3.08. The Labute approximate surface area is 97.6 Å². The minimum absolute atomic E-state index is 0.0281. The van der Waals surface area contributed by atoms with Crippen LogP contribution in [0.2, 0.25) is 5.15 Å². The summed E-state index contributed by atoms with van der Waals surface area (Å²) in [7, 11) is 3.01. The normalized spacial score (nSPS) is 9.69. The van der Waals surface area contributed by atoms with E-state index >= 15 is 0 Å². The highest BCUT2D eigenvalue weighted by molar-refractivity contribution is 6.29. The topological polar surface area (TPSA) is 75.2 Å². The van der Waals surface area contributed by atoms with E-state index < -0.39 is 0 Å². The van der Waals surface area contributed by atoms with Crippen LogP contribution in [0.3, 0.4) is 0 Å². The van der Waals surface area contributed by atoms with Crippen molar-refractivity contribution in [2.75, 3.05) is 20.6 Å². The van der Waals surface area contributed by atoms with Crippen molar-refractivity contribution in [2.45, 2.75) is 0 Å². The van der Waals surface area contributed by atoms with Crippen molar-refractivity contribution in [3.8, 4) is 0 Å². The maximum atomic E-state index is 11.7. The predicted molar refractivity (Wildman–Crippen MR) is 58.1 cm³/mol. The number of hydrogen-bond donors (Lipinski definition) is 1. The van der Waals surface area contributed by atoms with Crippen LogP contribution >= 0.6 is 11.6 Å². The molecule has 1 rings (SSSR count). The lowest BCUT2D eigenvalue weighted by Gasteiger charge is -2.14. The van der Waals surface area contributed by atoms with Crippen molar-refractivity contribution in [2.24, 2.45) is 0 Å². The molecule has 0 aromatic carbocycles. The summed E-state index contributed by atoms with van der Waals surface area (Å²) in [6, 6.07) is 2.92. The largest absolute Gasteiger partial charge is 0.358 e. The molecule has 0 spiro atoms. The Morgan fingerprint density at radius 1 is 1.44 bits per heavy atom. The number of likely N-dealkylation sites (N-methyl/N-ethyl adjacent to an activating group) is 2. The maximum Gasteiger partial charge on any atom is 0.274 e. The molecule has 1 heterocycles. The molecule has 0 unspecified atom stereocenters. The Balaban J connectivity index is 2.70. The molecule has 0 aliphatic rings. The number of nitrogens with one attached hydrogen (secondary N) is 1. The average molecular weight is 243 g/mol. The molecular formula is C9H11ClN4O2. The molecule has 16 heavy (non-hydrogen) atoms. The lowest BCUT2D eigenvalue weighted by atomic mass is 10.3. The average Bonchev–Trinajstić information content (AvgIpc) is 2.28. The van der Waals surface area contributed by atoms with Crippen molar-refractivity contribution in [3.05, 3.63) is 23.0 Å². The van der Waals surface area contributed by atoms with Crippen molar-refractivity contribution < 1.29 is 9.59 Å². The van der Waals surface area contributed by atoms with Gasteiger partial charge in [-0.05, 0) is 12.1 Å². The van der Waals surface area contributed by atoms with E-state index in [1.54, 1.807) is 0 Å². The van der Waals surface area contributed by atoms with Crippen LogP contribution < -0.4 is 5.32 Å². The van der Waals surface area contributed by atoms with Gasteiger partial charge < -0.3 is 10.2 Å². The lowest BCUT2D eigenvalue weighted by molar-refractivity contribution is -0.121. The minimum Gasteiger partial charge on any atom is -0.358 e. The van der Waals surface area contributed by atoms with Crippen LogP contribution in [0.25, 0.3) is 0 Å². The number of nitrogens with zero attached hydrogens (tertiary/aromatic N) is 3. The second kappa shape index (κ2) is 5.41. The van der Waals surface area contributed by atoms with Gasteiger partial charge in [0.15, 0.2) is 10.8 Å². The van der Waals surface area contributed by atoms with Gasteiger partial charge in [-0.1, -0.05) is 11.6 Å². The third-order valence-corrected chi connectivity index (χ3v) is 2.06. The van der Waals surface area contributed by atoms with Crippen molar-refractivity contribution >= 4 is 23.4 Å². The van der Waals surface area contributed by atoms with Gasteiger partial charge >= 0.3 is 0 Å². The van der Waals surface area contributed by atoms with Crippen LogP contribution in [0.1, 0.15) is 10.5 Å². The molecule has 1 aromatic heterocycles. The molecule has 0 aliphatic heterocycles. The van der Waals surface area contributed by atoms with Crippen LogP contribution in [-0.2, 0) is 4.79 Å². The lowest BCUT2D eigenvalue weighted by Crippen LogP contribution is -2.37. The standard InChI is InChI=1S/C9H11ClN4O2/c1-11-8(15)5-14(2)9(16)6-3-4-7(10)13-12-6/h3-4H,5H2,1-2H3,(H,11,15). The first-order valence-corrected chi connectivity index (χ1v) is 4.87. The number of carbonyl (C=O) groups is 2. The van der Waals surface area contributed by atoms with Gasteiger partial charge in [0.2, 0.25) is 5.91 Å². The summed E-state index contributed by atoms with van der Waals surface area (Å²) in [4.78, 5) is 24.0. The molecule has 0 atom stereocenters. The number of rotatable bonds is 3. The summed E-state index contributed by atoms with van der Waals surface area (Å²) < 4.78 is 0. The summed E-state index contributed by atoms with van der Waals surface area (Å²) in [5.41, 5.74) is 0.149. The summed E-state index contributed by atoms with van der Waals surface area (Å²) >= 11 is 5.54. The number of hydrogen-bond acceptors (Lipinski definition) is 4. The first kappa shape index (κ1) is 12.4. The maximum absolute atomic E-state index is 11.7. The van der Waals surface area contributed by atoms with E-state index in [1.165, 1.54) is 31.1 Å². The summed E-state index contributed by atoms with van der Waals surface area (Å²) in [6.07, 6.45) is 0. The van der Waals surface area contributed by atoms with Gasteiger partial charge in [0.1, 0.15) is 0 Å². The summed E-state index contributed by atoms with van der Waals surface area (Å²) in [6.45, 7) is -0.0281. The number of carbonyl (C=O) groups excluding carboxylic acids is 2. The van der Waals surface area contributed by atoms with Crippen LogP contribution in [0.15, 0.2) is 12.1 Å². The van der Waals surface area contributed by atoms with Crippen LogP contribution in [0.5, 0.6) is 0 Å². The van der Waals surface area contributed by atoms with Crippen LogP contribution in [0, 0.1) is 0 Å². The molecule has 86 valence electrons. The first-order chi connectivity index (χ1) is 7.54. The fourth-order valence-electron chi connectivity index (χ4n) is 0.992. The minimum atomic E-state index is -0.382. The van der Waals surface area contributed by atoms with E-state index in [0.29, 0.717) is 0 Å². The molecule has 1 N–H and O–H groups in total. The molecule has 0 fully saturated rings. The van der Waals surface area contributed by atoms with Gasteiger partial charge in [-0.25, -0.2) is 0 Å². The Bertz CT molecular complexity index is 393. The van der Waals surface area contributed by atoms with E-state index in [-0.39, 0.29) is 29.2 Å². The first-order valence-electron chi connectivity index (χ1n) is 4.50. The van der Waals surface area contributed by atoms with Crippen molar-refractivity contribution in [3.63, 3.8) is 0 Å². The Kier molecular flexibility index (Phi) is 4.19. The zero-order chi connectivity index (χ0) is 12.1. The second-order valence-corrected chi connectivity index (χ2v) is 3.46. The van der Waals surface area contributed by atoms with Gasteiger partial charge in [-0.2, -0.15) is 0 Å². The smallest absolute Gasteiger partial charge is 0.274 e. The number of amides is 2. The van der Waals surface area contributed by atoms with Crippen molar-refractivity contribution in [1.82, 2.24) is 20.4 Å². The van der Waals surface area contributed by atoms with Crippen LogP contribution in [0.4, 0.5) is 0 Å². The fraction of sp³-hybridized carbons (Fsp3) is 0.333. The van der Waals surface area contributed by atoms with Gasteiger partial charge in [0, 0.05) is 14.1 Å². The fourth-order valence-corrected chi connectivity index (χ4v) is 1.09. The van der Waals surface area contributed by atoms with Gasteiger partial charge in [0.25, 0.3) is 5.91 Å². The summed E-state index contributed by atoms with van der Waals surface area (Å²) in [5, 5.41) is 9.81. The van der Waals surface area contributed by atoms with Gasteiger partial charge in [-0.3, -0.25) is 9.59 Å². The zero-order valence-corrected chi connectivity index (χ0v) is 9.65. The molecule has 0 saturated heterocycles. The van der Waals surface area contributed by atoms with E-state index in [2.05, 4.69) is 15.5 Å². The molecule has 2 amide bonds. The zero-order valence-electron chi connectivity index (χ0n) is 8.90. The highest BCUT2D eigenvalue weighted by Gasteiger charge is 2.15. The molecule has 6 nitrogen and oxygen atoms in total. The predicted octanol–water partition coefficient (Wildman–Crippen LogP) is -0.0520. The molecule has 7 heteroatoms. The third-order valence-electron chi connectivity index (χ3n) is 1.86. The van der Waals surface area contributed by atoms with Gasteiger partial charge in [0.05, 0.1) is 6.54 Å². The number of aromatic nitrogens is 2. The highest BCUT2D eigenvalue weighted by Crippen LogP contribution is 2.04. The van der Waals surface area contributed by atoms with E-state index in [0.717, 1.165) is 0 Å². The van der Waals surface area contributed by atoms with Gasteiger partial charge in [-0.15, -0.1) is 10.2 Å². The van der Waals surface area contributed by atoms with E-state index in [4.69, 9.17) is 11.6 Å². The monoisotopic (exact) mass is 242 g/mol. The molecule has 0 saturated carbocycles. The third kappa shape index (κ3) is 3.16. The molecule has 0 aliphatic carbocycles. The highest BCUT2D eigenvalue weighted by atomic mass is 35.5. The Morgan fingerprint density at radius 2 is 2.12 bits per heavy atom. The molecule has 0 bridgehead atoms. The quantitative estimate of drug-likeness (QED) is 0.806.